The summed E-state index contributed by atoms with van der Waals surface area (Å²) in [5.41, 5.74) is 1.05. The molecule has 0 unspecified atom stereocenters. The van der Waals surface area contributed by atoms with Crippen LogP contribution in [0.3, 0.4) is 0 Å². The van der Waals surface area contributed by atoms with E-state index in [1.165, 1.54) is 12.0 Å². The van der Waals surface area contributed by atoms with Crippen molar-refractivity contribution in [3.8, 4) is 0 Å². The predicted octanol–water partition coefficient (Wildman–Crippen LogP) is 0.474. The SMILES string of the molecule is COC(=O)C1CC[NH+]([C@@H](C(=O)NC2CC2)c2ccccc2)CC1. The Kier molecular flexibility index (Phi) is 4.96. The molecule has 2 N–H and O–H groups in total. The molecule has 1 atom stereocenters. The van der Waals surface area contributed by atoms with Gasteiger partial charge in [-0.2, -0.15) is 0 Å². The van der Waals surface area contributed by atoms with Gasteiger partial charge in [0, 0.05) is 24.4 Å². The van der Waals surface area contributed by atoms with Crippen molar-refractivity contribution >= 4 is 11.9 Å². The Morgan fingerprint density at radius 2 is 1.78 bits per heavy atom. The van der Waals surface area contributed by atoms with Crippen LogP contribution in [0.4, 0.5) is 0 Å². The van der Waals surface area contributed by atoms with E-state index in [1.54, 1.807) is 0 Å². The monoisotopic (exact) mass is 317 g/mol. The molecule has 2 fully saturated rings. The number of hydrogen-bond donors (Lipinski definition) is 2. The van der Waals surface area contributed by atoms with E-state index in [2.05, 4.69) is 5.32 Å². The molecule has 23 heavy (non-hydrogen) atoms. The topological polar surface area (TPSA) is 59.8 Å². The lowest BCUT2D eigenvalue weighted by Crippen LogP contribution is -3.14. The molecule has 3 rings (SSSR count). The van der Waals surface area contributed by atoms with Crippen molar-refractivity contribution in [3.63, 3.8) is 0 Å². The lowest BCUT2D eigenvalue weighted by Gasteiger charge is -2.33. The fraction of sp³-hybridized carbons (Fsp3) is 0.556. The van der Waals surface area contributed by atoms with Crippen LogP contribution in [0.1, 0.15) is 37.3 Å². The van der Waals surface area contributed by atoms with E-state index < -0.39 is 0 Å². The number of quaternary nitrogens is 1. The molecule has 5 heteroatoms. The number of rotatable bonds is 5. The summed E-state index contributed by atoms with van der Waals surface area (Å²) in [5.74, 6) is -0.0281. The Morgan fingerprint density at radius 3 is 2.35 bits per heavy atom. The lowest BCUT2D eigenvalue weighted by molar-refractivity contribution is -0.927. The number of likely N-dealkylation sites (tertiary alicyclic amines) is 1. The summed E-state index contributed by atoms with van der Waals surface area (Å²) in [7, 11) is 1.44. The molecule has 0 aromatic heterocycles. The summed E-state index contributed by atoms with van der Waals surface area (Å²) < 4.78 is 4.85. The number of benzene rings is 1. The van der Waals surface area contributed by atoms with Gasteiger partial charge in [-0.3, -0.25) is 9.59 Å². The van der Waals surface area contributed by atoms with Crippen LogP contribution >= 0.6 is 0 Å². The Bertz CT molecular complexity index is 549. The van der Waals surface area contributed by atoms with Gasteiger partial charge in [0.2, 0.25) is 0 Å². The van der Waals surface area contributed by atoms with E-state index in [-0.39, 0.29) is 23.8 Å². The van der Waals surface area contributed by atoms with Crippen molar-refractivity contribution < 1.29 is 19.2 Å². The van der Waals surface area contributed by atoms with Crippen LogP contribution in [0.5, 0.6) is 0 Å². The van der Waals surface area contributed by atoms with Crippen LogP contribution in [-0.4, -0.2) is 38.1 Å². The third kappa shape index (κ3) is 3.91. The molecule has 5 nitrogen and oxygen atoms in total. The highest BCUT2D eigenvalue weighted by Gasteiger charge is 2.38. The zero-order chi connectivity index (χ0) is 16.2. The maximum atomic E-state index is 12.7. The minimum absolute atomic E-state index is 0.0216. The van der Waals surface area contributed by atoms with Gasteiger partial charge in [-0.15, -0.1) is 0 Å². The van der Waals surface area contributed by atoms with Gasteiger partial charge in [-0.25, -0.2) is 0 Å². The quantitative estimate of drug-likeness (QED) is 0.777. The number of methoxy groups -OCH3 is 1. The van der Waals surface area contributed by atoms with Crippen molar-refractivity contribution in [2.45, 2.75) is 37.8 Å². The molecule has 2 aliphatic rings. The smallest absolute Gasteiger partial charge is 0.309 e. The van der Waals surface area contributed by atoms with Gasteiger partial charge in [-0.1, -0.05) is 30.3 Å². The molecular formula is C18H25N2O3+. The summed E-state index contributed by atoms with van der Waals surface area (Å²) in [6.07, 6.45) is 3.74. The van der Waals surface area contributed by atoms with Gasteiger partial charge >= 0.3 is 5.97 Å². The Morgan fingerprint density at radius 1 is 1.13 bits per heavy atom. The van der Waals surface area contributed by atoms with Crippen LogP contribution in [0.25, 0.3) is 0 Å². The molecule has 1 aliphatic heterocycles. The maximum Gasteiger partial charge on any atom is 0.309 e. The summed E-state index contributed by atoms with van der Waals surface area (Å²) in [4.78, 5) is 25.7. The molecule has 0 radical (unpaired) electrons. The van der Waals surface area contributed by atoms with E-state index in [4.69, 9.17) is 4.74 Å². The minimum Gasteiger partial charge on any atom is -0.469 e. The molecule has 1 amide bonds. The summed E-state index contributed by atoms with van der Waals surface area (Å²) in [6.45, 7) is 1.63. The van der Waals surface area contributed by atoms with Gasteiger partial charge in [0.05, 0.1) is 26.1 Å². The molecule has 124 valence electrons. The van der Waals surface area contributed by atoms with Crippen LogP contribution in [0.2, 0.25) is 0 Å². The second-order valence-corrected chi connectivity index (χ2v) is 6.58. The summed E-state index contributed by atoms with van der Waals surface area (Å²) in [6, 6.07) is 10.2. The predicted molar refractivity (Wildman–Crippen MR) is 85.8 cm³/mol. The zero-order valence-corrected chi connectivity index (χ0v) is 13.6. The zero-order valence-electron chi connectivity index (χ0n) is 13.6. The van der Waals surface area contributed by atoms with Crippen LogP contribution in [0, 0.1) is 5.92 Å². The molecule has 0 spiro atoms. The number of ether oxygens (including phenoxy) is 1. The fourth-order valence-corrected chi connectivity index (χ4v) is 3.41. The minimum atomic E-state index is -0.185. The number of nitrogens with one attached hydrogen (secondary N) is 2. The lowest BCUT2D eigenvalue weighted by atomic mass is 9.94. The third-order valence-electron chi connectivity index (χ3n) is 4.89. The fourth-order valence-electron chi connectivity index (χ4n) is 3.41. The van der Waals surface area contributed by atoms with E-state index in [0.717, 1.165) is 44.3 Å². The van der Waals surface area contributed by atoms with Gasteiger partial charge < -0.3 is 15.0 Å². The number of hydrogen-bond acceptors (Lipinski definition) is 3. The number of carbonyl (C=O) groups is 2. The second kappa shape index (κ2) is 7.13. The van der Waals surface area contributed by atoms with Crippen LogP contribution < -0.4 is 10.2 Å². The van der Waals surface area contributed by atoms with Gasteiger partial charge in [0.1, 0.15) is 0 Å². The van der Waals surface area contributed by atoms with Gasteiger partial charge in [0.25, 0.3) is 5.91 Å². The third-order valence-corrected chi connectivity index (χ3v) is 4.89. The number of piperidine rings is 1. The number of esters is 1. The normalized spacial score (nSPS) is 25.4. The molecule has 1 heterocycles. The van der Waals surface area contributed by atoms with Crippen molar-refractivity contribution in [2.75, 3.05) is 20.2 Å². The standard InChI is InChI=1S/C18H24N2O3/c1-23-18(22)14-9-11-20(12-10-14)16(13-5-3-2-4-6-13)17(21)19-15-7-8-15/h2-6,14-16H,7-12H2,1H3,(H,19,21)/p+1/t16-/m1/s1. The molecule has 0 bridgehead atoms. The van der Waals surface area contributed by atoms with Crippen LogP contribution in [-0.2, 0) is 14.3 Å². The highest BCUT2D eigenvalue weighted by atomic mass is 16.5. The van der Waals surface area contributed by atoms with Crippen molar-refractivity contribution in [2.24, 2.45) is 5.92 Å². The molecule has 1 saturated carbocycles. The average molecular weight is 317 g/mol. The first-order valence-corrected chi connectivity index (χ1v) is 8.46. The van der Waals surface area contributed by atoms with Gasteiger partial charge in [-0.05, 0) is 12.8 Å². The van der Waals surface area contributed by atoms with E-state index >= 15 is 0 Å². The first kappa shape index (κ1) is 16.0. The molecule has 1 aliphatic carbocycles. The molecule has 1 aromatic rings. The average Bonchev–Trinajstić information content (AvgIpc) is 3.40. The molecular weight excluding hydrogens is 292 g/mol. The number of amides is 1. The van der Waals surface area contributed by atoms with Crippen molar-refractivity contribution in [1.82, 2.24) is 5.32 Å². The summed E-state index contributed by atoms with van der Waals surface area (Å²) in [5, 5.41) is 3.14. The van der Waals surface area contributed by atoms with E-state index in [0.29, 0.717) is 6.04 Å². The first-order chi connectivity index (χ1) is 11.2. The highest BCUT2D eigenvalue weighted by molar-refractivity contribution is 5.82. The largest absolute Gasteiger partial charge is 0.469 e. The van der Waals surface area contributed by atoms with E-state index in [1.807, 2.05) is 30.3 Å². The Hall–Kier alpha value is -1.88. The molecule has 1 aromatic carbocycles. The second-order valence-electron chi connectivity index (χ2n) is 6.58. The van der Waals surface area contributed by atoms with Crippen molar-refractivity contribution in [1.29, 1.82) is 0 Å². The van der Waals surface area contributed by atoms with Crippen LogP contribution in [0.15, 0.2) is 30.3 Å². The Labute approximate surface area is 137 Å². The maximum absolute atomic E-state index is 12.7. The summed E-state index contributed by atoms with van der Waals surface area (Å²) >= 11 is 0. The first-order valence-electron chi connectivity index (χ1n) is 8.46. The molecule has 1 saturated heterocycles. The highest BCUT2D eigenvalue weighted by Crippen LogP contribution is 2.21. The number of carbonyl (C=O) groups excluding carboxylic acids is 2. The van der Waals surface area contributed by atoms with Crippen molar-refractivity contribution in [3.05, 3.63) is 35.9 Å². The van der Waals surface area contributed by atoms with Gasteiger partial charge in [0.15, 0.2) is 6.04 Å². The Balaban J connectivity index is 1.71. The van der Waals surface area contributed by atoms with E-state index in [9.17, 15) is 9.59 Å².